The van der Waals surface area contributed by atoms with Crippen molar-refractivity contribution >= 4 is 11.6 Å². The van der Waals surface area contributed by atoms with Crippen molar-refractivity contribution in [1.82, 2.24) is 9.88 Å². The first kappa shape index (κ1) is 21.7. The Morgan fingerprint density at radius 3 is 2.57 bits per heavy atom. The highest BCUT2D eigenvalue weighted by molar-refractivity contribution is 5.94. The van der Waals surface area contributed by atoms with Crippen LogP contribution in [0.1, 0.15) is 56.0 Å². The Bertz CT molecular complexity index is 734. The summed E-state index contributed by atoms with van der Waals surface area (Å²) in [6.07, 6.45) is 6.59. The van der Waals surface area contributed by atoms with Gasteiger partial charge in [-0.15, -0.1) is 0 Å². The van der Waals surface area contributed by atoms with E-state index in [0.29, 0.717) is 12.2 Å². The van der Waals surface area contributed by atoms with Crippen molar-refractivity contribution < 1.29 is 9.53 Å². The Hall–Kier alpha value is -2.56. The maximum Gasteiger partial charge on any atom is 0.253 e. The molecule has 0 saturated heterocycles. The van der Waals surface area contributed by atoms with Crippen LogP contribution < -0.4 is 10.1 Å². The van der Waals surface area contributed by atoms with Gasteiger partial charge in [0.15, 0.2) is 0 Å². The van der Waals surface area contributed by atoms with Crippen molar-refractivity contribution in [1.29, 1.82) is 0 Å². The van der Waals surface area contributed by atoms with E-state index in [-0.39, 0.29) is 11.9 Å². The Balaban J connectivity index is 2.02. The summed E-state index contributed by atoms with van der Waals surface area (Å²) in [5.74, 6) is 0.825. The maximum atomic E-state index is 13.0. The molecule has 0 spiro atoms. The molecule has 5 nitrogen and oxygen atoms in total. The number of benzene rings is 1. The molecular formula is C23H33N3O2. The molecule has 0 radical (unpaired) electrons. The number of aryl methyl sites for hydroxylation is 1. The highest BCUT2D eigenvalue weighted by Crippen LogP contribution is 2.19. The van der Waals surface area contributed by atoms with Crippen molar-refractivity contribution in [3.63, 3.8) is 0 Å². The molecule has 5 heteroatoms. The number of amides is 1. The van der Waals surface area contributed by atoms with Crippen LogP contribution in [0.5, 0.6) is 5.75 Å². The van der Waals surface area contributed by atoms with Gasteiger partial charge in [0.05, 0.1) is 6.04 Å². The summed E-state index contributed by atoms with van der Waals surface area (Å²) in [6.45, 7) is 10.4. The smallest absolute Gasteiger partial charge is 0.253 e. The van der Waals surface area contributed by atoms with Gasteiger partial charge in [0, 0.05) is 36.7 Å². The van der Waals surface area contributed by atoms with Gasteiger partial charge < -0.3 is 15.0 Å². The Labute approximate surface area is 169 Å². The second-order valence-electron chi connectivity index (χ2n) is 7.27. The van der Waals surface area contributed by atoms with Crippen LogP contribution in [-0.4, -0.2) is 41.5 Å². The van der Waals surface area contributed by atoms with Crippen molar-refractivity contribution in [3.05, 3.63) is 53.9 Å². The van der Waals surface area contributed by atoms with Gasteiger partial charge in [0.1, 0.15) is 12.4 Å². The van der Waals surface area contributed by atoms with E-state index in [2.05, 4.69) is 31.1 Å². The number of nitrogens with zero attached hydrogens (tertiary/aromatic N) is 2. The van der Waals surface area contributed by atoms with Crippen molar-refractivity contribution in [2.24, 2.45) is 0 Å². The van der Waals surface area contributed by atoms with Crippen LogP contribution in [0.4, 0.5) is 5.69 Å². The zero-order chi connectivity index (χ0) is 20.4. The second-order valence-corrected chi connectivity index (χ2v) is 7.27. The molecule has 1 unspecified atom stereocenters. The lowest BCUT2D eigenvalue weighted by Gasteiger charge is -2.23. The average molecular weight is 384 g/mol. The quantitative estimate of drug-likeness (QED) is 0.598. The largest absolute Gasteiger partial charge is 0.491 e. The second kappa shape index (κ2) is 11.3. The van der Waals surface area contributed by atoms with Gasteiger partial charge in [-0.1, -0.05) is 20.3 Å². The Kier molecular flexibility index (Phi) is 8.79. The normalized spacial score (nSPS) is 11.7. The summed E-state index contributed by atoms with van der Waals surface area (Å²) in [5, 5.41) is 3.38. The lowest BCUT2D eigenvalue weighted by molar-refractivity contribution is 0.0752. The molecule has 1 aromatic carbocycles. The van der Waals surface area contributed by atoms with Gasteiger partial charge >= 0.3 is 0 Å². The molecule has 0 fully saturated rings. The minimum absolute atomic E-state index is 0.0896. The van der Waals surface area contributed by atoms with Crippen LogP contribution in [0, 0.1) is 6.92 Å². The zero-order valence-electron chi connectivity index (χ0n) is 17.6. The predicted octanol–water partition coefficient (Wildman–Crippen LogP) is 4.92. The fourth-order valence-corrected chi connectivity index (χ4v) is 3.07. The van der Waals surface area contributed by atoms with Crippen LogP contribution in [0.25, 0.3) is 0 Å². The fourth-order valence-electron chi connectivity index (χ4n) is 3.07. The third kappa shape index (κ3) is 6.87. The van der Waals surface area contributed by atoms with Crippen molar-refractivity contribution in [2.75, 3.05) is 25.0 Å². The molecule has 1 atom stereocenters. The molecule has 1 amide bonds. The molecule has 0 aliphatic heterocycles. The summed E-state index contributed by atoms with van der Waals surface area (Å²) >= 11 is 0. The number of carbonyl (C=O) groups is 1. The van der Waals surface area contributed by atoms with E-state index in [4.69, 9.17) is 4.74 Å². The van der Waals surface area contributed by atoms with Crippen LogP contribution in [0.3, 0.4) is 0 Å². The lowest BCUT2D eigenvalue weighted by Crippen LogP contribution is -2.32. The van der Waals surface area contributed by atoms with Crippen LogP contribution in [0.2, 0.25) is 0 Å². The van der Waals surface area contributed by atoms with Gasteiger partial charge in [0.25, 0.3) is 5.91 Å². The third-order valence-electron chi connectivity index (χ3n) is 4.45. The summed E-state index contributed by atoms with van der Waals surface area (Å²) in [7, 11) is 0. The molecular weight excluding hydrogens is 350 g/mol. The van der Waals surface area contributed by atoms with Crippen molar-refractivity contribution in [2.45, 2.75) is 53.0 Å². The average Bonchev–Trinajstić information content (AvgIpc) is 2.69. The monoisotopic (exact) mass is 383 g/mol. The number of aromatic nitrogens is 1. The van der Waals surface area contributed by atoms with E-state index in [1.54, 1.807) is 12.4 Å². The first-order valence-electron chi connectivity index (χ1n) is 10.2. The van der Waals surface area contributed by atoms with Gasteiger partial charge in [-0.25, -0.2) is 0 Å². The number of unbranched alkanes of at least 4 members (excludes halogenated alkanes) is 1. The SMILES string of the molecule is CCCCN(CCC)C(=O)c1cc(C)cc(OCC(C)Nc2ccncc2)c1. The fraction of sp³-hybridized carbons (Fsp3) is 0.478. The number of nitrogens with one attached hydrogen (secondary N) is 1. The zero-order valence-corrected chi connectivity index (χ0v) is 17.6. The first-order chi connectivity index (χ1) is 13.5. The topological polar surface area (TPSA) is 54.5 Å². The number of rotatable bonds is 11. The Morgan fingerprint density at radius 2 is 1.89 bits per heavy atom. The molecule has 0 bridgehead atoms. The standard InChI is InChI=1S/C23H33N3O2/c1-5-7-13-26(12-6-2)23(27)20-14-18(3)15-22(16-20)28-17-19(4)25-21-8-10-24-11-9-21/h8-11,14-16,19H,5-7,12-13,17H2,1-4H3,(H,24,25). The van der Waals surface area contributed by atoms with Gasteiger partial charge in [-0.05, 0) is 62.6 Å². The van der Waals surface area contributed by atoms with Crippen LogP contribution >= 0.6 is 0 Å². The molecule has 152 valence electrons. The lowest BCUT2D eigenvalue weighted by atomic mass is 10.1. The maximum absolute atomic E-state index is 13.0. The molecule has 0 aliphatic carbocycles. The highest BCUT2D eigenvalue weighted by Gasteiger charge is 2.16. The summed E-state index contributed by atoms with van der Waals surface area (Å²) in [5.41, 5.74) is 2.74. The van der Waals surface area contributed by atoms with E-state index in [0.717, 1.165) is 49.4 Å². The van der Waals surface area contributed by atoms with Gasteiger partial charge in [0.2, 0.25) is 0 Å². The molecule has 0 aliphatic rings. The summed E-state index contributed by atoms with van der Waals surface area (Å²) in [4.78, 5) is 19.0. The Morgan fingerprint density at radius 1 is 1.14 bits per heavy atom. The molecule has 1 N–H and O–H groups in total. The molecule has 28 heavy (non-hydrogen) atoms. The van der Waals surface area contributed by atoms with E-state index in [1.807, 2.05) is 42.2 Å². The predicted molar refractivity (Wildman–Crippen MR) is 115 cm³/mol. The van der Waals surface area contributed by atoms with E-state index in [1.165, 1.54) is 0 Å². The summed E-state index contributed by atoms with van der Waals surface area (Å²) in [6, 6.07) is 9.78. The van der Waals surface area contributed by atoms with E-state index < -0.39 is 0 Å². The molecule has 0 saturated carbocycles. The number of anilines is 1. The number of carbonyl (C=O) groups excluding carboxylic acids is 1. The molecule has 2 aromatic rings. The number of hydrogen-bond donors (Lipinski definition) is 1. The minimum Gasteiger partial charge on any atom is -0.491 e. The number of hydrogen-bond acceptors (Lipinski definition) is 4. The third-order valence-corrected chi connectivity index (χ3v) is 4.45. The van der Waals surface area contributed by atoms with Crippen molar-refractivity contribution in [3.8, 4) is 5.75 Å². The molecule has 2 rings (SSSR count). The number of ether oxygens (including phenoxy) is 1. The minimum atomic E-state index is 0.0896. The number of pyridine rings is 1. The van der Waals surface area contributed by atoms with Crippen LogP contribution in [0.15, 0.2) is 42.7 Å². The molecule has 1 aromatic heterocycles. The van der Waals surface area contributed by atoms with E-state index >= 15 is 0 Å². The van der Waals surface area contributed by atoms with E-state index in [9.17, 15) is 4.79 Å². The van der Waals surface area contributed by atoms with Gasteiger partial charge in [-0.3, -0.25) is 9.78 Å². The van der Waals surface area contributed by atoms with Crippen LogP contribution in [-0.2, 0) is 0 Å². The summed E-state index contributed by atoms with van der Waals surface area (Å²) < 4.78 is 5.98. The first-order valence-corrected chi connectivity index (χ1v) is 10.2. The molecule has 1 heterocycles. The van der Waals surface area contributed by atoms with Gasteiger partial charge in [-0.2, -0.15) is 0 Å². The highest BCUT2D eigenvalue weighted by atomic mass is 16.5.